The summed E-state index contributed by atoms with van der Waals surface area (Å²) in [6.45, 7) is 4.99. The molecule has 0 amide bonds. The first kappa shape index (κ1) is 15.6. The summed E-state index contributed by atoms with van der Waals surface area (Å²) in [5.74, 6) is 0. The molecule has 7 heteroatoms. The molecule has 0 radical (unpaired) electrons. The van der Waals surface area contributed by atoms with Crippen LogP contribution in [0.1, 0.15) is 19.4 Å². The molecule has 1 aliphatic heterocycles. The van der Waals surface area contributed by atoms with Crippen molar-refractivity contribution in [3.63, 3.8) is 0 Å². The summed E-state index contributed by atoms with van der Waals surface area (Å²) in [6, 6.07) is 6.22. The van der Waals surface area contributed by atoms with E-state index in [0.717, 1.165) is 0 Å². The van der Waals surface area contributed by atoms with Gasteiger partial charge in [0.25, 0.3) is 0 Å². The Morgan fingerprint density at radius 1 is 1.35 bits per heavy atom. The van der Waals surface area contributed by atoms with Gasteiger partial charge in [0.2, 0.25) is 10.0 Å². The van der Waals surface area contributed by atoms with E-state index in [1.807, 2.05) is 19.9 Å². The summed E-state index contributed by atoms with van der Waals surface area (Å²) in [5.41, 5.74) is 0.352. The van der Waals surface area contributed by atoms with Gasteiger partial charge in [0.05, 0.1) is 16.7 Å². The van der Waals surface area contributed by atoms with E-state index >= 15 is 0 Å². The SMILES string of the molecule is CC1CN(S(=O)(=O)c2ccc(C#N)cc2Cl)CC(C)S1. The van der Waals surface area contributed by atoms with Gasteiger partial charge in [0.15, 0.2) is 0 Å². The Morgan fingerprint density at radius 2 is 1.95 bits per heavy atom. The minimum Gasteiger partial charge on any atom is -0.207 e. The Hall–Kier alpha value is -0.740. The van der Waals surface area contributed by atoms with Gasteiger partial charge in [0, 0.05) is 23.6 Å². The molecule has 1 heterocycles. The Bertz CT molecular complexity index is 645. The van der Waals surface area contributed by atoms with Crippen LogP contribution in [0.4, 0.5) is 0 Å². The number of hydrogen-bond donors (Lipinski definition) is 0. The summed E-state index contributed by atoms with van der Waals surface area (Å²) in [4.78, 5) is 0.0736. The number of rotatable bonds is 2. The van der Waals surface area contributed by atoms with Crippen LogP contribution in [0.5, 0.6) is 0 Å². The van der Waals surface area contributed by atoms with Crippen LogP contribution < -0.4 is 0 Å². The van der Waals surface area contributed by atoms with Gasteiger partial charge in [-0.15, -0.1) is 0 Å². The first-order valence-corrected chi connectivity index (χ1v) is 8.96. The number of hydrogen-bond acceptors (Lipinski definition) is 4. The first-order valence-electron chi connectivity index (χ1n) is 6.20. The molecule has 2 unspecified atom stereocenters. The summed E-state index contributed by atoms with van der Waals surface area (Å²) < 4.78 is 26.8. The normalized spacial score (nSPS) is 24.3. The van der Waals surface area contributed by atoms with Gasteiger partial charge in [-0.2, -0.15) is 21.3 Å². The molecule has 0 N–H and O–H groups in total. The minimum atomic E-state index is -3.60. The zero-order valence-corrected chi connectivity index (χ0v) is 13.6. The molecule has 0 saturated carbocycles. The Balaban J connectivity index is 2.38. The molecule has 2 rings (SSSR count). The topological polar surface area (TPSA) is 61.2 Å². The first-order chi connectivity index (χ1) is 9.34. The second kappa shape index (κ2) is 5.94. The predicted octanol–water partition coefficient (Wildman–Crippen LogP) is 2.73. The van der Waals surface area contributed by atoms with Crippen molar-refractivity contribution in [2.24, 2.45) is 0 Å². The number of nitrogens with zero attached hydrogens (tertiary/aromatic N) is 2. The van der Waals surface area contributed by atoms with E-state index in [0.29, 0.717) is 18.7 Å². The molecule has 0 aliphatic carbocycles. The zero-order valence-electron chi connectivity index (χ0n) is 11.2. The Kier molecular flexibility index (Phi) is 4.65. The van der Waals surface area contributed by atoms with E-state index in [1.165, 1.54) is 22.5 Å². The summed E-state index contributed by atoms with van der Waals surface area (Å²) >= 11 is 7.81. The van der Waals surface area contributed by atoms with Crippen molar-refractivity contribution in [1.29, 1.82) is 5.26 Å². The molecule has 2 atom stereocenters. The highest BCUT2D eigenvalue weighted by atomic mass is 35.5. The van der Waals surface area contributed by atoms with Gasteiger partial charge in [-0.3, -0.25) is 0 Å². The molecular formula is C13H15ClN2O2S2. The molecule has 0 aromatic heterocycles. The maximum Gasteiger partial charge on any atom is 0.244 e. The highest BCUT2D eigenvalue weighted by Gasteiger charge is 2.33. The van der Waals surface area contributed by atoms with Crippen molar-refractivity contribution < 1.29 is 8.42 Å². The fourth-order valence-corrected chi connectivity index (χ4v) is 5.90. The lowest BCUT2D eigenvalue weighted by atomic mass is 10.2. The van der Waals surface area contributed by atoms with Crippen LogP contribution in [0.2, 0.25) is 5.02 Å². The molecule has 0 bridgehead atoms. The van der Waals surface area contributed by atoms with Gasteiger partial charge in [-0.1, -0.05) is 25.4 Å². The fourth-order valence-electron chi connectivity index (χ4n) is 2.25. The van der Waals surface area contributed by atoms with E-state index < -0.39 is 10.0 Å². The summed E-state index contributed by atoms with van der Waals surface area (Å²) in [5, 5.41) is 9.41. The predicted molar refractivity (Wildman–Crippen MR) is 81.4 cm³/mol. The van der Waals surface area contributed by atoms with Crippen LogP contribution in [0, 0.1) is 11.3 Å². The largest absolute Gasteiger partial charge is 0.244 e. The maximum atomic E-state index is 12.6. The molecule has 1 aromatic rings. The van der Waals surface area contributed by atoms with Crippen molar-refractivity contribution >= 4 is 33.4 Å². The zero-order chi connectivity index (χ0) is 14.9. The Morgan fingerprint density at radius 3 is 2.45 bits per heavy atom. The monoisotopic (exact) mass is 330 g/mol. The van der Waals surface area contributed by atoms with Crippen molar-refractivity contribution in [1.82, 2.24) is 4.31 Å². The molecule has 20 heavy (non-hydrogen) atoms. The molecule has 0 spiro atoms. The molecule has 1 saturated heterocycles. The van der Waals surface area contributed by atoms with E-state index in [1.54, 1.807) is 11.8 Å². The third kappa shape index (κ3) is 3.12. The van der Waals surface area contributed by atoms with Crippen LogP contribution in [0.15, 0.2) is 23.1 Å². The van der Waals surface area contributed by atoms with Crippen molar-refractivity contribution in [2.75, 3.05) is 13.1 Å². The van der Waals surface area contributed by atoms with Gasteiger partial charge in [-0.05, 0) is 18.2 Å². The van der Waals surface area contributed by atoms with Crippen LogP contribution in [-0.2, 0) is 10.0 Å². The maximum absolute atomic E-state index is 12.6. The van der Waals surface area contributed by atoms with Crippen molar-refractivity contribution in [3.05, 3.63) is 28.8 Å². The smallest absolute Gasteiger partial charge is 0.207 e. The van der Waals surface area contributed by atoms with Crippen LogP contribution in [-0.4, -0.2) is 36.3 Å². The number of halogens is 1. The molecule has 1 fully saturated rings. The molecule has 1 aromatic carbocycles. The van der Waals surface area contributed by atoms with Crippen molar-refractivity contribution in [2.45, 2.75) is 29.2 Å². The second-order valence-corrected chi connectivity index (χ2v) is 9.03. The van der Waals surface area contributed by atoms with Gasteiger partial charge in [0.1, 0.15) is 4.90 Å². The molecular weight excluding hydrogens is 316 g/mol. The number of thioether (sulfide) groups is 1. The van der Waals surface area contributed by atoms with Crippen LogP contribution >= 0.6 is 23.4 Å². The third-order valence-electron chi connectivity index (χ3n) is 3.06. The lowest BCUT2D eigenvalue weighted by Gasteiger charge is -2.33. The minimum absolute atomic E-state index is 0.0736. The quantitative estimate of drug-likeness (QED) is 0.836. The number of nitriles is 1. The number of sulfonamides is 1. The average molecular weight is 331 g/mol. The van der Waals surface area contributed by atoms with E-state index in [4.69, 9.17) is 16.9 Å². The van der Waals surface area contributed by atoms with Gasteiger partial charge < -0.3 is 0 Å². The lowest BCUT2D eigenvalue weighted by molar-refractivity contribution is 0.405. The van der Waals surface area contributed by atoms with E-state index in [-0.39, 0.29) is 20.4 Å². The Labute approximate surface area is 128 Å². The van der Waals surface area contributed by atoms with E-state index in [2.05, 4.69) is 0 Å². The van der Waals surface area contributed by atoms with Crippen LogP contribution in [0.25, 0.3) is 0 Å². The van der Waals surface area contributed by atoms with E-state index in [9.17, 15) is 8.42 Å². The number of benzene rings is 1. The molecule has 4 nitrogen and oxygen atoms in total. The van der Waals surface area contributed by atoms with Crippen molar-refractivity contribution in [3.8, 4) is 6.07 Å². The van der Waals surface area contributed by atoms with Gasteiger partial charge in [-0.25, -0.2) is 8.42 Å². The summed E-state index contributed by atoms with van der Waals surface area (Å²) in [7, 11) is -3.60. The summed E-state index contributed by atoms with van der Waals surface area (Å²) in [6.07, 6.45) is 0. The molecule has 108 valence electrons. The molecule has 1 aliphatic rings. The van der Waals surface area contributed by atoms with Crippen LogP contribution in [0.3, 0.4) is 0 Å². The standard InChI is InChI=1S/C13H15ClN2O2S2/c1-9-7-16(8-10(2)19-9)20(17,18)13-4-3-11(6-15)5-12(13)14/h3-5,9-10H,7-8H2,1-2H3. The van der Waals surface area contributed by atoms with Gasteiger partial charge >= 0.3 is 0 Å². The average Bonchev–Trinajstić information content (AvgIpc) is 2.37. The fraction of sp³-hybridized carbons (Fsp3) is 0.462. The lowest BCUT2D eigenvalue weighted by Crippen LogP contribution is -2.44. The second-order valence-electron chi connectivity index (χ2n) is 4.84. The highest BCUT2D eigenvalue weighted by Crippen LogP contribution is 2.31. The third-order valence-corrected chi connectivity index (χ3v) is 6.61. The highest BCUT2D eigenvalue weighted by molar-refractivity contribution is 8.00.